The maximum Gasteiger partial charge on any atom is 0.433 e. The topological polar surface area (TPSA) is 77.2 Å². The maximum atomic E-state index is 12.9. The summed E-state index contributed by atoms with van der Waals surface area (Å²) >= 11 is 0.826. The Morgan fingerprint density at radius 2 is 2.04 bits per heavy atom. The summed E-state index contributed by atoms with van der Waals surface area (Å²) in [5.41, 5.74) is 5.91. The largest absolute Gasteiger partial charge is 0.497 e. The third-order valence-electron chi connectivity index (χ3n) is 3.72. The second kappa shape index (κ2) is 6.49. The number of aryl methyl sites for hydroxylation is 1. The van der Waals surface area contributed by atoms with E-state index in [9.17, 15) is 18.0 Å². The van der Waals surface area contributed by atoms with Crippen molar-refractivity contribution in [1.82, 2.24) is 4.98 Å². The van der Waals surface area contributed by atoms with E-state index in [1.807, 2.05) is 0 Å². The number of ether oxygens (including phenoxy) is 1. The fourth-order valence-electron chi connectivity index (χ4n) is 2.51. The zero-order valence-electron chi connectivity index (χ0n) is 13.8. The summed E-state index contributed by atoms with van der Waals surface area (Å²) in [5, 5.41) is 3.02. The zero-order chi connectivity index (χ0) is 19.1. The van der Waals surface area contributed by atoms with Gasteiger partial charge in [-0.05, 0) is 30.7 Å². The molecule has 0 aliphatic heterocycles. The highest BCUT2D eigenvalue weighted by atomic mass is 32.1. The van der Waals surface area contributed by atoms with E-state index in [-0.39, 0.29) is 15.4 Å². The van der Waals surface area contributed by atoms with Crippen molar-refractivity contribution in [2.45, 2.75) is 13.1 Å². The fourth-order valence-corrected chi connectivity index (χ4v) is 3.58. The van der Waals surface area contributed by atoms with Crippen LogP contribution in [0.15, 0.2) is 30.3 Å². The number of hydrogen-bond acceptors (Lipinski definition) is 5. The molecule has 3 N–H and O–H groups in total. The summed E-state index contributed by atoms with van der Waals surface area (Å²) < 4.78 is 43.9. The van der Waals surface area contributed by atoms with Gasteiger partial charge in [-0.1, -0.05) is 6.07 Å². The number of thiophene rings is 1. The van der Waals surface area contributed by atoms with Crippen molar-refractivity contribution in [2.75, 3.05) is 18.2 Å². The smallest absolute Gasteiger partial charge is 0.433 e. The van der Waals surface area contributed by atoms with Gasteiger partial charge in [-0.15, -0.1) is 11.3 Å². The number of amides is 1. The molecule has 0 saturated heterocycles. The van der Waals surface area contributed by atoms with Gasteiger partial charge in [-0.2, -0.15) is 13.2 Å². The molecule has 0 bridgehead atoms. The number of methoxy groups -OCH3 is 1. The van der Waals surface area contributed by atoms with Crippen LogP contribution in [0.3, 0.4) is 0 Å². The molecule has 2 heterocycles. The number of nitrogens with one attached hydrogen (secondary N) is 1. The summed E-state index contributed by atoms with van der Waals surface area (Å²) in [6.45, 7) is 1.51. The number of carbonyl (C=O) groups excluding carboxylic acids is 1. The molecule has 0 spiro atoms. The minimum absolute atomic E-state index is 0.0746. The van der Waals surface area contributed by atoms with Crippen LogP contribution >= 0.6 is 11.3 Å². The van der Waals surface area contributed by atoms with E-state index < -0.39 is 17.8 Å². The number of alkyl halides is 3. The Balaban J connectivity index is 2.00. The number of rotatable bonds is 3. The van der Waals surface area contributed by atoms with E-state index in [0.717, 1.165) is 17.4 Å². The van der Waals surface area contributed by atoms with E-state index >= 15 is 0 Å². The van der Waals surface area contributed by atoms with Gasteiger partial charge in [0.05, 0.1) is 12.8 Å². The molecule has 0 atom stereocenters. The van der Waals surface area contributed by atoms with E-state index in [1.54, 1.807) is 24.3 Å². The minimum Gasteiger partial charge on any atom is -0.497 e. The Morgan fingerprint density at radius 1 is 1.31 bits per heavy atom. The number of hydrogen-bond donors (Lipinski definition) is 2. The molecule has 0 saturated carbocycles. The van der Waals surface area contributed by atoms with Crippen LogP contribution in [-0.4, -0.2) is 18.0 Å². The Bertz CT molecular complexity index is 999. The van der Waals surface area contributed by atoms with Crippen LogP contribution in [0.5, 0.6) is 5.75 Å². The number of nitrogens with two attached hydrogens (primary N) is 1. The molecule has 1 aromatic carbocycles. The normalized spacial score (nSPS) is 11.6. The summed E-state index contributed by atoms with van der Waals surface area (Å²) in [6.07, 6.45) is -4.57. The first-order valence-corrected chi connectivity index (χ1v) is 8.24. The van der Waals surface area contributed by atoms with Crippen molar-refractivity contribution in [3.63, 3.8) is 0 Å². The number of anilines is 2. The number of halogens is 3. The second-order valence-electron chi connectivity index (χ2n) is 5.53. The Morgan fingerprint density at radius 3 is 2.69 bits per heavy atom. The molecule has 26 heavy (non-hydrogen) atoms. The number of nitrogens with zero attached hydrogens (tertiary/aromatic N) is 1. The van der Waals surface area contributed by atoms with Gasteiger partial charge in [0, 0.05) is 17.1 Å². The first-order chi connectivity index (χ1) is 12.2. The first-order valence-electron chi connectivity index (χ1n) is 7.43. The standard InChI is InChI=1S/C17H14F3N3O2S/c1-8-6-11(17(18,19)20)23-16-12(8)13(21)14(26-16)15(24)22-9-4-3-5-10(7-9)25-2/h3-7H,21H2,1-2H3,(H,22,24). The number of aromatic nitrogens is 1. The van der Waals surface area contributed by atoms with Crippen molar-refractivity contribution in [3.8, 4) is 5.75 Å². The molecule has 0 aliphatic rings. The molecule has 3 rings (SSSR count). The van der Waals surface area contributed by atoms with Crippen LogP contribution in [0.1, 0.15) is 20.9 Å². The molecule has 2 aromatic heterocycles. The van der Waals surface area contributed by atoms with Gasteiger partial charge >= 0.3 is 6.18 Å². The predicted octanol–water partition coefficient (Wildman–Crippen LogP) is 4.47. The van der Waals surface area contributed by atoms with Gasteiger partial charge in [0.25, 0.3) is 5.91 Å². The van der Waals surface area contributed by atoms with E-state index in [4.69, 9.17) is 10.5 Å². The SMILES string of the molecule is COc1cccc(NC(=O)c2sc3nc(C(F)(F)F)cc(C)c3c2N)c1. The zero-order valence-corrected chi connectivity index (χ0v) is 14.6. The lowest BCUT2D eigenvalue weighted by molar-refractivity contribution is -0.141. The van der Waals surface area contributed by atoms with Crippen molar-refractivity contribution < 1.29 is 22.7 Å². The quantitative estimate of drug-likeness (QED) is 0.702. The summed E-state index contributed by atoms with van der Waals surface area (Å²) in [6, 6.07) is 7.62. The highest BCUT2D eigenvalue weighted by molar-refractivity contribution is 7.21. The molecule has 9 heteroatoms. The number of nitrogen functional groups attached to an aromatic ring is 1. The predicted molar refractivity (Wildman–Crippen MR) is 94.7 cm³/mol. The van der Waals surface area contributed by atoms with E-state index in [0.29, 0.717) is 22.4 Å². The summed E-state index contributed by atoms with van der Waals surface area (Å²) in [7, 11) is 1.50. The second-order valence-corrected chi connectivity index (χ2v) is 6.53. The Kier molecular flexibility index (Phi) is 4.49. The lowest BCUT2D eigenvalue weighted by atomic mass is 10.1. The molecule has 0 unspecified atom stereocenters. The molecule has 136 valence electrons. The van der Waals surface area contributed by atoms with E-state index in [1.165, 1.54) is 14.0 Å². The van der Waals surface area contributed by atoms with Crippen LogP contribution in [0.25, 0.3) is 10.2 Å². The van der Waals surface area contributed by atoms with Gasteiger partial charge in [0.1, 0.15) is 21.2 Å². The minimum atomic E-state index is -4.57. The molecule has 3 aromatic rings. The van der Waals surface area contributed by atoms with Crippen LogP contribution < -0.4 is 15.8 Å². The fraction of sp³-hybridized carbons (Fsp3) is 0.176. The summed E-state index contributed by atoms with van der Waals surface area (Å²) in [5.74, 6) is 0.0335. The lowest BCUT2D eigenvalue weighted by Gasteiger charge is -2.07. The van der Waals surface area contributed by atoms with Crippen LogP contribution in [0.2, 0.25) is 0 Å². The molecule has 0 fully saturated rings. The van der Waals surface area contributed by atoms with Crippen molar-refractivity contribution >= 4 is 38.8 Å². The molecule has 0 aliphatic carbocycles. The Labute approximate surface area is 150 Å². The monoisotopic (exact) mass is 381 g/mol. The third-order valence-corrected chi connectivity index (χ3v) is 4.82. The maximum absolute atomic E-state index is 12.9. The highest BCUT2D eigenvalue weighted by Crippen LogP contribution is 2.38. The van der Waals surface area contributed by atoms with Crippen LogP contribution in [0, 0.1) is 6.92 Å². The van der Waals surface area contributed by atoms with E-state index in [2.05, 4.69) is 10.3 Å². The van der Waals surface area contributed by atoms with Gasteiger partial charge < -0.3 is 15.8 Å². The third kappa shape index (κ3) is 3.30. The Hall–Kier alpha value is -2.81. The number of carbonyl (C=O) groups is 1. The lowest BCUT2D eigenvalue weighted by Crippen LogP contribution is -2.12. The van der Waals surface area contributed by atoms with Crippen molar-refractivity contribution in [1.29, 1.82) is 0 Å². The number of pyridine rings is 1. The summed E-state index contributed by atoms with van der Waals surface area (Å²) in [4.78, 5) is 16.3. The molecule has 0 radical (unpaired) electrons. The van der Waals surface area contributed by atoms with Crippen LogP contribution in [-0.2, 0) is 6.18 Å². The van der Waals surface area contributed by atoms with Crippen LogP contribution in [0.4, 0.5) is 24.5 Å². The van der Waals surface area contributed by atoms with Gasteiger partial charge in [-0.3, -0.25) is 4.79 Å². The van der Waals surface area contributed by atoms with Gasteiger partial charge in [0.15, 0.2) is 0 Å². The van der Waals surface area contributed by atoms with Crippen molar-refractivity contribution in [3.05, 3.63) is 46.5 Å². The van der Waals surface area contributed by atoms with Gasteiger partial charge in [0.2, 0.25) is 0 Å². The number of fused-ring (bicyclic) bond motifs is 1. The average molecular weight is 381 g/mol. The molecular formula is C17H14F3N3O2S. The first kappa shape index (κ1) is 18.0. The molecular weight excluding hydrogens is 367 g/mol. The molecule has 5 nitrogen and oxygen atoms in total. The average Bonchev–Trinajstić information content (AvgIpc) is 2.91. The molecule has 1 amide bonds. The van der Waals surface area contributed by atoms with Crippen molar-refractivity contribution in [2.24, 2.45) is 0 Å². The number of benzene rings is 1. The van der Waals surface area contributed by atoms with Gasteiger partial charge in [-0.25, -0.2) is 4.98 Å². The highest BCUT2D eigenvalue weighted by Gasteiger charge is 2.34.